The van der Waals surface area contributed by atoms with Gasteiger partial charge >= 0.3 is 0 Å². The zero-order valence-corrected chi connectivity index (χ0v) is 11.6. The number of pyridine rings is 1. The number of hydrogen-bond acceptors (Lipinski definition) is 5. The molecule has 0 spiro atoms. The first-order chi connectivity index (χ1) is 9.13. The first-order valence-corrected chi connectivity index (χ1v) is 6.32. The van der Waals surface area contributed by atoms with Crippen molar-refractivity contribution in [1.82, 2.24) is 15.2 Å². The molecular formula is C13H20N4O2. The Labute approximate surface area is 113 Å². The Morgan fingerprint density at radius 2 is 2.37 bits per heavy atom. The molecule has 2 heterocycles. The van der Waals surface area contributed by atoms with Crippen LogP contribution < -0.4 is 15.0 Å². The van der Waals surface area contributed by atoms with Crippen molar-refractivity contribution in [3.8, 4) is 5.88 Å². The van der Waals surface area contributed by atoms with E-state index in [9.17, 15) is 4.79 Å². The molecule has 19 heavy (non-hydrogen) atoms. The smallest absolute Gasteiger partial charge is 0.246 e. The maximum atomic E-state index is 12.2. The number of carbonyl (C=O) groups is 1. The molecule has 6 heteroatoms. The number of aromatic nitrogens is 1. The highest BCUT2D eigenvalue weighted by molar-refractivity contribution is 5.85. The Hall–Kier alpha value is -1.82. The molecule has 1 atom stereocenters. The van der Waals surface area contributed by atoms with E-state index in [1.165, 1.54) is 0 Å². The highest BCUT2D eigenvalue weighted by Gasteiger charge is 2.30. The molecule has 0 aliphatic carbocycles. The molecule has 6 nitrogen and oxygen atoms in total. The molecule has 1 fully saturated rings. The Balaban J connectivity index is 2.25. The van der Waals surface area contributed by atoms with Gasteiger partial charge in [0.05, 0.1) is 7.11 Å². The van der Waals surface area contributed by atoms with Gasteiger partial charge in [0, 0.05) is 51.7 Å². The van der Waals surface area contributed by atoms with Gasteiger partial charge in [-0.05, 0) is 6.07 Å². The third-order valence-electron chi connectivity index (χ3n) is 3.23. The maximum absolute atomic E-state index is 12.2. The van der Waals surface area contributed by atoms with Crippen LogP contribution in [0, 0.1) is 0 Å². The van der Waals surface area contributed by atoms with E-state index in [4.69, 9.17) is 4.74 Å². The normalized spacial score (nSPS) is 19.1. The topological polar surface area (TPSA) is 57.7 Å². The van der Waals surface area contributed by atoms with Crippen LogP contribution in [-0.4, -0.2) is 62.7 Å². The molecule has 1 amide bonds. The number of carbonyl (C=O) groups excluding carboxylic acids is 1. The number of methoxy groups -OCH3 is 1. The summed E-state index contributed by atoms with van der Waals surface area (Å²) >= 11 is 0. The van der Waals surface area contributed by atoms with E-state index in [0.29, 0.717) is 12.4 Å². The second kappa shape index (κ2) is 5.88. The summed E-state index contributed by atoms with van der Waals surface area (Å²) in [7, 11) is 5.15. The van der Waals surface area contributed by atoms with Crippen LogP contribution in [0.4, 0.5) is 5.69 Å². The summed E-state index contributed by atoms with van der Waals surface area (Å²) in [6, 6.07) is 3.58. The lowest BCUT2D eigenvalue weighted by atomic mass is 10.1. The SMILES string of the molecule is COc1cc(N2CCNCC2C(=O)N(C)C)ccn1. The molecule has 1 saturated heterocycles. The monoisotopic (exact) mass is 264 g/mol. The third kappa shape index (κ3) is 2.96. The zero-order valence-electron chi connectivity index (χ0n) is 11.6. The van der Waals surface area contributed by atoms with Gasteiger partial charge in [-0.2, -0.15) is 0 Å². The Bertz CT molecular complexity index is 450. The molecule has 1 aromatic heterocycles. The summed E-state index contributed by atoms with van der Waals surface area (Å²) in [5, 5.41) is 3.26. The molecule has 0 bridgehead atoms. The van der Waals surface area contributed by atoms with Crippen molar-refractivity contribution >= 4 is 11.6 Å². The van der Waals surface area contributed by atoms with Crippen LogP contribution in [0.3, 0.4) is 0 Å². The zero-order chi connectivity index (χ0) is 13.8. The largest absolute Gasteiger partial charge is 0.481 e. The summed E-state index contributed by atoms with van der Waals surface area (Å²) in [5.74, 6) is 0.662. The van der Waals surface area contributed by atoms with Gasteiger partial charge in [-0.3, -0.25) is 4.79 Å². The van der Waals surface area contributed by atoms with Crippen molar-refractivity contribution in [3.05, 3.63) is 18.3 Å². The average Bonchev–Trinajstić information content (AvgIpc) is 2.46. The summed E-state index contributed by atoms with van der Waals surface area (Å²) in [5.41, 5.74) is 0.966. The molecule has 1 aliphatic rings. The number of hydrogen-bond donors (Lipinski definition) is 1. The van der Waals surface area contributed by atoms with Gasteiger partial charge < -0.3 is 19.9 Å². The number of rotatable bonds is 3. The van der Waals surface area contributed by atoms with Crippen LogP contribution in [0.1, 0.15) is 0 Å². The fourth-order valence-corrected chi connectivity index (χ4v) is 2.22. The molecule has 2 rings (SSSR count). The minimum absolute atomic E-state index is 0.1000. The van der Waals surface area contributed by atoms with Crippen LogP contribution >= 0.6 is 0 Å². The number of anilines is 1. The molecule has 104 valence electrons. The Morgan fingerprint density at radius 1 is 1.58 bits per heavy atom. The van der Waals surface area contributed by atoms with E-state index in [-0.39, 0.29) is 11.9 Å². The lowest BCUT2D eigenvalue weighted by Gasteiger charge is -2.38. The molecule has 0 saturated carbocycles. The minimum Gasteiger partial charge on any atom is -0.481 e. The summed E-state index contributed by atoms with van der Waals surface area (Å²) in [6.45, 7) is 2.31. The van der Waals surface area contributed by atoms with Crippen molar-refractivity contribution in [1.29, 1.82) is 0 Å². The van der Waals surface area contributed by atoms with Crippen LogP contribution in [0.25, 0.3) is 0 Å². The maximum Gasteiger partial charge on any atom is 0.246 e. The van der Waals surface area contributed by atoms with Crippen LogP contribution in [0.15, 0.2) is 18.3 Å². The predicted molar refractivity (Wildman–Crippen MR) is 73.5 cm³/mol. The first-order valence-electron chi connectivity index (χ1n) is 6.32. The van der Waals surface area contributed by atoms with Gasteiger partial charge in [0.2, 0.25) is 11.8 Å². The highest BCUT2D eigenvalue weighted by atomic mass is 16.5. The van der Waals surface area contributed by atoms with Crippen molar-refractivity contribution < 1.29 is 9.53 Å². The van der Waals surface area contributed by atoms with Gasteiger partial charge in [-0.25, -0.2) is 4.98 Å². The second-order valence-corrected chi connectivity index (χ2v) is 4.70. The summed E-state index contributed by atoms with van der Waals surface area (Å²) in [4.78, 5) is 20.1. The number of nitrogens with one attached hydrogen (secondary N) is 1. The molecule has 1 aromatic rings. The van der Waals surface area contributed by atoms with Crippen LogP contribution in [-0.2, 0) is 4.79 Å². The van der Waals surface area contributed by atoms with E-state index in [0.717, 1.165) is 18.8 Å². The number of amides is 1. The van der Waals surface area contributed by atoms with Crippen molar-refractivity contribution in [2.24, 2.45) is 0 Å². The Kier molecular flexibility index (Phi) is 4.21. The lowest BCUT2D eigenvalue weighted by molar-refractivity contribution is -0.130. The van der Waals surface area contributed by atoms with Crippen molar-refractivity contribution in [2.45, 2.75) is 6.04 Å². The minimum atomic E-state index is -0.184. The number of nitrogens with zero attached hydrogens (tertiary/aromatic N) is 3. The van der Waals surface area contributed by atoms with E-state index in [1.807, 2.05) is 12.1 Å². The van der Waals surface area contributed by atoms with E-state index in [2.05, 4.69) is 15.2 Å². The molecule has 0 aromatic carbocycles. The van der Waals surface area contributed by atoms with Crippen LogP contribution in [0.2, 0.25) is 0 Å². The molecular weight excluding hydrogens is 244 g/mol. The number of likely N-dealkylation sites (N-methyl/N-ethyl adjacent to an activating group) is 1. The van der Waals surface area contributed by atoms with E-state index >= 15 is 0 Å². The van der Waals surface area contributed by atoms with Gasteiger partial charge in [0.1, 0.15) is 6.04 Å². The average molecular weight is 264 g/mol. The standard InChI is InChI=1S/C13H20N4O2/c1-16(2)13(18)11-9-14-6-7-17(11)10-4-5-15-12(8-10)19-3/h4-5,8,11,14H,6-7,9H2,1-3H3. The van der Waals surface area contributed by atoms with Gasteiger partial charge in [0.15, 0.2) is 0 Å². The molecule has 1 unspecified atom stereocenters. The van der Waals surface area contributed by atoms with Crippen molar-refractivity contribution in [2.75, 3.05) is 45.7 Å². The molecule has 1 aliphatic heterocycles. The molecule has 0 radical (unpaired) electrons. The van der Waals surface area contributed by atoms with Gasteiger partial charge in [0.25, 0.3) is 0 Å². The lowest BCUT2D eigenvalue weighted by Crippen LogP contribution is -2.57. The summed E-state index contributed by atoms with van der Waals surface area (Å²) in [6.07, 6.45) is 1.70. The first kappa shape index (κ1) is 13.6. The van der Waals surface area contributed by atoms with Gasteiger partial charge in [-0.15, -0.1) is 0 Å². The van der Waals surface area contributed by atoms with Gasteiger partial charge in [-0.1, -0.05) is 0 Å². The third-order valence-corrected chi connectivity index (χ3v) is 3.23. The predicted octanol–water partition coefficient (Wildman–Crippen LogP) is -0.0434. The number of ether oxygens (including phenoxy) is 1. The summed E-state index contributed by atoms with van der Waals surface area (Å²) < 4.78 is 5.14. The molecule has 1 N–H and O–H groups in total. The Morgan fingerprint density at radius 3 is 3.05 bits per heavy atom. The highest BCUT2D eigenvalue weighted by Crippen LogP contribution is 2.22. The van der Waals surface area contributed by atoms with Crippen molar-refractivity contribution in [3.63, 3.8) is 0 Å². The van der Waals surface area contributed by atoms with E-state index < -0.39 is 0 Å². The fraction of sp³-hybridized carbons (Fsp3) is 0.538. The van der Waals surface area contributed by atoms with E-state index in [1.54, 1.807) is 32.3 Å². The quantitative estimate of drug-likeness (QED) is 0.830. The van der Waals surface area contributed by atoms with Crippen LogP contribution in [0.5, 0.6) is 5.88 Å². The number of piperazine rings is 1. The second-order valence-electron chi connectivity index (χ2n) is 4.70. The fourth-order valence-electron chi connectivity index (χ4n) is 2.22.